The van der Waals surface area contributed by atoms with E-state index in [9.17, 15) is 13.5 Å². The molecule has 3 aromatic heterocycles. The summed E-state index contributed by atoms with van der Waals surface area (Å²) in [5, 5.41) is 4.44. The van der Waals surface area contributed by atoms with E-state index in [2.05, 4.69) is 26.2 Å². The minimum absolute atomic E-state index is 0.341. The van der Waals surface area contributed by atoms with E-state index < -0.39 is 10.6 Å². The van der Waals surface area contributed by atoms with Gasteiger partial charge in [-0.25, -0.2) is 14.4 Å². The van der Waals surface area contributed by atoms with Gasteiger partial charge in [0.05, 0.1) is 64.9 Å². The zero-order chi connectivity index (χ0) is 27.0. The number of nitrogens with zero attached hydrogens (tertiary/aromatic N) is 5. The fourth-order valence-electron chi connectivity index (χ4n) is 5.10. The van der Waals surface area contributed by atoms with Crippen LogP contribution in [-0.4, -0.2) is 75.0 Å². The highest BCUT2D eigenvalue weighted by atomic mass is 32.3. The number of pyridine rings is 3. The Morgan fingerprint density at radius 3 is 2.51 bits per heavy atom. The number of morpholine rings is 1. The highest BCUT2D eigenvalue weighted by Crippen LogP contribution is 2.42. The molecule has 11 heteroatoms. The zero-order valence-electron chi connectivity index (χ0n) is 21.7. The standard InChI is InChI=1S/C28H31FN6O3S/c1-19-26(22-6-5-20(29)16-24(22)32-27(19)23-4-2-3-7-30-23)33-25-17-21(34-10-14-39(36,37)15-11-34)18-31-28(25)35-8-12-38-13-9-35/h2-7,16-18,36-37H,8-15H2,1H3,(H,32,33). The molecule has 2 saturated heterocycles. The lowest BCUT2D eigenvalue weighted by atomic mass is 10.0. The largest absolute Gasteiger partial charge is 0.378 e. The summed E-state index contributed by atoms with van der Waals surface area (Å²) in [5.74, 6) is 1.13. The van der Waals surface area contributed by atoms with Gasteiger partial charge >= 0.3 is 0 Å². The van der Waals surface area contributed by atoms with Gasteiger partial charge in [0.25, 0.3) is 0 Å². The van der Waals surface area contributed by atoms with Crippen molar-refractivity contribution >= 4 is 44.4 Å². The maximum Gasteiger partial charge on any atom is 0.152 e. The number of anilines is 4. The van der Waals surface area contributed by atoms with Crippen LogP contribution in [0.25, 0.3) is 22.3 Å². The van der Waals surface area contributed by atoms with Crippen LogP contribution in [0.15, 0.2) is 54.9 Å². The smallest absolute Gasteiger partial charge is 0.152 e. The van der Waals surface area contributed by atoms with E-state index in [1.54, 1.807) is 12.3 Å². The van der Waals surface area contributed by atoms with Crippen molar-refractivity contribution in [3.8, 4) is 11.4 Å². The first-order valence-electron chi connectivity index (χ1n) is 13.0. The molecule has 3 N–H and O–H groups in total. The number of nitrogens with one attached hydrogen (secondary N) is 1. The van der Waals surface area contributed by atoms with Crippen LogP contribution >= 0.6 is 10.6 Å². The van der Waals surface area contributed by atoms with E-state index in [-0.39, 0.29) is 5.82 Å². The summed E-state index contributed by atoms with van der Waals surface area (Å²) in [6, 6.07) is 12.3. The van der Waals surface area contributed by atoms with E-state index >= 15 is 0 Å². The summed E-state index contributed by atoms with van der Waals surface area (Å²) < 4.78 is 40.1. The molecule has 1 aromatic carbocycles. The highest BCUT2D eigenvalue weighted by Gasteiger charge is 2.25. The Bertz CT molecular complexity index is 1490. The van der Waals surface area contributed by atoms with E-state index in [0.29, 0.717) is 67.8 Å². The molecule has 2 aliphatic rings. The van der Waals surface area contributed by atoms with Crippen LogP contribution in [-0.2, 0) is 4.74 Å². The Morgan fingerprint density at radius 2 is 1.77 bits per heavy atom. The molecule has 0 bridgehead atoms. The Labute approximate surface area is 228 Å². The molecule has 0 radical (unpaired) electrons. The highest BCUT2D eigenvalue weighted by molar-refractivity contribution is 8.24. The summed E-state index contributed by atoms with van der Waals surface area (Å²) in [4.78, 5) is 18.5. The van der Waals surface area contributed by atoms with Crippen LogP contribution in [0.2, 0.25) is 0 Å². The maximum absolute atomic E-state index is 14.3. The van der Waals surface area contributed by atoms with Crippen molar-refractivity contribution in [3.05, 3.63) is 66.2 Å². The Hall–Kier alpha value is -3.51. The van der Waals surface area contributed by atoms with Crippen LogP contribution in [0, 0.1) is 12.7 Å². The van der Waals surface area contributed by atoms with Crippen molar-refractivity contribution in [2.45, 2.75) is 6.92 Å². The minimum atomic E-state index is -2.52. The van der Waals surface area contributed by atoms with Crippen molar-refractivity contribution in [2.24, 2.45) is 0 Å². The number of fused-ring (bicyclic) bond motifs is 1. The Balaban J connectivity index is 1.47. The van der Waals surface area contributed by atoms with Gasteiger partial charge in [-0.05, 0) is 37.3 Å². The van der Waals surface area contributed by atoms with E-state index in [4.69, 9.17) is 14.7 Å². The fourth-order valence-corrected chi connectivity index (χ4v) is 6.33. The summed E-state index contributed by atoms with van der Waals surface area (Å²) in [6.45, 7) is 5.74. The second-order valence-corrected chi connectivity index (χ2v) is 12.2. The average molecular weight is 551 g/mol. The van der Waals surface area contributed by atoms with Crippen molar-refractivity contribution in [2.75, 3.05) is 66.0 Å². The summed E-state index contributed by atoms with van der Waals surface area (Å²) in [6.07, 6.45) is 3.57. The van der Waals surface area contributed by atoms with Crippen molar-refractivity contribution in [1.82, 2.24) is 15.0 Å². The third kappa shape index (κ3) is 5.35. The number of hydrogen-bond acceptors (Lipinski definition) is 9. The number of rotatable bonds is 5. The van der Waals surface area contributed by atoms with Gasteiger partial charge in [0.2, 0.25) is 0 Å². The predicted molar refractivity (Wildman–Crippen MR) is 155 cm³/mol. The van der Waals surface area contributed by atoms with Gasteiger partial charge in [-0.3, -0.25) is 14.1 Å². The first-order chi connectivity index (χ1) is 18.9. The average Bonchev–Trinajstić information content (AvgIpc) is 2.95. The van der Waals surface area contributed by atoms with E-state index in [1.165, 1.54) is 12.1 Å². The number of aromatic nitrogens is 3. The van der Waals surface area contributed by atoms with E-state index in [1.807, 2.05) is 31.3 Å². The van der Waals surface area contributed by atoms with Crippen LogP contribution in [0.4, 0.5) is 27.3 Å². The topological polar surface area (TPSA) is 107 Å². The molecule has 6 rings (SSSR count). The normalized spacial score (nSPS) is 18.3. The number of hydrogen-bond donors (Lipinski definition) is 3. The lowest BCUT2D eigenvalue weighted by Crippen LogP contribution is -2.39. The van der Waals surface area contributed by atoms with Gasteiger partial charge < -0.3 is 19.9 Å². The first-order valence-corrected chi connectivity index (χ1v) is 14.9. The zero-order valence-corrected chi connectivity index (χ0v) is 22.5. The molecule has 39 heavy (non-hydrogen) atoms. The van der Waals surface area contributed by atoms with Crippen molar-refractivity contribution < 1.29 is 18.2 Å². The summed E-state index contributed by atoms with van der Waals surface area (Å²) in [5.41, 5.74) is 5.31. The number of ether oxygens (including phenoxy) is 1. The van der Waals surface area contributed by atoms with Gasteiger partial charge in [0.15, 0.2) is 5.82 Å². The fraction of sp³-hybridized carbons (Fsp3) is 0.321. The molecule has 0 aliphatic carbocycles. The molecule has 0 amide bonds. The molecule has 0 atom stereocenters. The molecule has 0 unspecified atom stereocenters. The summed E-state index contributed by atoms with van der Waals surface area (Å²) >= 11 is 0. The Morgan fingerprint density at radius 1 is 0.974 bits per heavy atom. The first kappa shape index (κ1) is 25.8. The second kappa shape index (κ2) is 10.6. The second-order valence-electron chi connectivity index (χ2n) is 9.82. The molecule has 2 fully saturated rings. The van der Waals surface area contributed by atoms with Crippen LogP contribution in [0.1, 0.15) is 5.56 Å². The maximum atomic E-state index is 14.3. The van der Waals surface area contributed by atoms with Gasteiger partial charge in [0, 0.05) is 49.4 Å². The molecular weight excluding hydrogens is 519 g/mol. The molecule has 0 saturated carbocycles. The third-order valence-electron chi connectivity index (χ3n) is 7.26. The third-order valence-corrected chi connectivity index (χ3v) is 8.94. The van der Waals surface area contributed by atoms with Gasteiger partial charge in [-0.15, -0.1) is 0 Å². The molecule has 204 valence electrons. The summed E-state index contributed by atoms with van der Waals surface area (Å²) in [7, 11) is -2.52. The molecular formula is C28H31FN6O3S. The monoisotopic (exact) mass is 550 g/mol. The minimum Gasteiger partial charge on any atom is -0.378 e. The number of halogens is 1. The molecule has 5 heterocycles. The quantitative estimate of drug-likeness (QED) is 0.306. The van der Waals surface area contributed by atoms with E-state index in [0.717, 1.165) is 33.8 Å². The van der Waals surface area contributed by atoms with Gasteiger partial charge in [0.1, 0.15) is 5.82 Å². The van der Waals surface area contributed by atoms with Gasteiger partial charge in [-0.1, -0.05) is 6.07 Å². The molecule has 0 spiro atoms. The molecule has 4 aromatic rings. The Kier molecular flexibility index (Phi) is 6.98. The predicted octanol–water partition coefficient (Wildman–Crippen LogP) is 5.29. The lowest BCUT2D eigenvalue weighted by Gasteiger charge is -2.42. The SMILES string of the molecule is Cc1c(-c2ccccn2)nc2cc(F)ccc2c1Nc1cc(N2CCS(O)(O)CC2)cnc1N1CCOCC1. The number of benzene rings is 1. The van der Waals surface area contributed by atoms with Crippen LogP contribution < -0.4 is 15.1 Å². The van der Waals surface area contributed by atoms with Crippen LogP contribution in [0.5, 0.6) is 0 Å². The van der Waals surface area contributed by atoms with Crippen molar-refractivity contribution in [3.63, 3.8) is 0 Å². The van der Waals surface area contributed by atoms with Gasteiger partial charge in [-0.2, -0.15) is 10.6 Å². The lowest BCUT2D eigenvalue weighted by molar-refractivity contribution is 0.122. The van der Waals surface area contributed by atoms with Crippen molar-refractivity contribution in [1.29, 1.82) is 0 Å². The molecule has 9 nitrogen and oxygen atoms in total. The van der Waals surface area contributed by atoms with Crippen LogP contribution in [0.3, 0.4) is 0 Å². The molecule has 2 aliphatic heterocycles.